The molecule has 0 bridgehead atoms. The van der Waals surface area contributed by atoms with Crippen LogP contribution in [0.3, 0.4) is 0 Å². The summed E-state index contributed by atoms with van der Waals surface area (Å²) in [7, 11) is 0. The second kappa shape index (κ2) is 8.97. The number of halogens is 1. The molecule has 0 N–H and O–H groups in total. The normalized spacial score (nSPS) is 10.2. The van der Waals surface area contributed by atoms with Crippen LogP contribution in [0.15, 0.2) is 42.0 Å². The second-order valence-electron chi connectivity index (χ2n) is 3.93. The molecule has 0 saturated carbocycles. The van der Waals surface area contributed by atoms with Crippen molar-refractivity contribution in [3.05, 3.63) is 52.6 Å². The van der Waals surface area contributed by atoms with Crippen LogP contribution in [0.1, 0.15) is 19.4 Å². The Labute approximate surface area is 129 Å². The fourth-order valence-corrected chi connectivity index (χ4v) is 1.59. The summed E-state index contributed by atoms with van der Waals surface area (Å²) in [6, 6.07) is 7.15. The average Bonchev–Trinajstić information content (AvgIpc) is 2.46. The molecule has 0 fully saturated rings. The zero-order valence-corrected chi connectivity index (χ0v) is 12.7. The first-order valence-corrected chi connectivity index (χ1v) is 6.94. The molecule has 1 rings (SSSR count). The van der Waals surface area contributed by atoms with Crippen molar-refractivity contribution in [1.82, 2.24) is 0 Å². The van der Waals surface area contributed by atoms with Crippen molar-refractivity contribution in [3.63, 3.8) is 0 Å². The Morgan fingerprint density at radius 3 is 2.05 bits per heavy atom. The number of ether oxygens (including phenoxy) is 2. The van der Waals surface area contributed by atoms with Gasteiger partial charge in [0.25, 0.3) is 0 Å². The fraction of sp³-hybridized carbons (Fsp3) is 0.250. The summed E-state index contributed by atoms with van der Waals surface area (Å²) in [5, 5.41) is 0.640. The summed E-state index contributed by atoms with van der Waals surface area (Å²) in [5.74, 6) is -1.39. The van der Waals surface area contributed by atoms with Crippen LogP contribution in [0, 0.1) is 0 Å². The topological polar surface area (TPSA) is 52.6 Å². The molecule has 0 atom stereocenters. The Hall–Kier alpha value is -2.07. The third-order valence-electron chi connectivity index (χ3n) is 2.41. The van der Waals surface area contributed by atoms with Crippen molar-refractivity contribution in [1.29, 1.82) is 0 Å². The minimum absolute atomic E-state index is 0.135. The lowest BCUT2D eigenvalue weighted by Crippen LogP contribution is -2.18. The highest BCUT2D eigenvalue weighted by molar-refractivity contribution is 6.30. The zero-order chi connectivity index (χ0) is 15.7. The van der Waals surface area contributed by atoms with Crippen molar-refractivity contribution in [3.8, 4) is 0 Å². The first kappa shape index (κ1) is 17.0. The Kier molecular flexibility index (Phi) is 7.26. The summed E-state index contributed by atoms with van der Waals surface area (Å²) < 4.78 is 9.66. The largest absolute Gasteiger partial charge is 0.462 e. The number of hydrogen-bond acceptors (Lipinski definition) is 4. The highest BCUT2D eigenvalue weighted by atomic mass is 35.5. The van der Waals surface area contributed by atoms with Crippen LogP contribution in [-0.2, 0) is 19.1 Å². The van der Waals surface area contributed by atoms with Crippen LogP contribution >= 0.6 is 11.6 Å². The van der Waals surface area contributed by atoms with Crippen molar-refractivity contribution >= 4 is 29.6 Å². The third-order valence-corrected chi connectivity index (χ3v) is 2.66. The first-order valence-electron chi connectivity index (χ1n) is 6.56. The molecule has 0 aliphatic rings. The van der Waals surface area contributed by atoms with Crippen LogP contribution in [0.5, 0.6) is 0 Å². The highest BCUT2D eigenvalue weighted by Gasteiger charge is 2.19. The number of esters is 2. The fourth-order valence-electron chi connectivity index (χ4n) is 1.47. The quantitative estimate of drug-likeness (QED) is 0.266. The number of hydrogen-bond donors (Lipinski definition) is 0. The molecule has 112 valence electrons. The van der Waals surface area contributed by atoms with Crippen molar-refractivity contribution in [2.24, 2.45) is 0 Å². The lowest BCUT2D eigenvalue weighted by Gasteiger charge is -2.05. The summed E-state index contributed by atoms with van der Waals surface area (Å²) in [5.41, 5.74) is 0.756. The smallest absolute Gasteiger partial charge is 0.345 e. The maximum Gasteiger partial charge on any atom is 0.345 e. The Bertz CT molecular complexity index is 524. The monoisotopic (exact) mass is 308 g/mol. The van der Waals surface area contributed by atoms with Gasteiger partial charge in [-0.15, -0.1) is 0 Å². The van der Waals surface area contributed by atoms with Gasteiger partial charge in [-0.1, -0.05) is 35.9 Å². The Balaban J connectivity index is 2.88. The van der Waals surface area contributed by atoms with E-state index < -0.39 is 11.9 Å². The average molecular weight is 309 g/mol. The van der Waals surface area contributed by atoms with Gasteiger partial charge in [0.15, 0.2) is 0 Å². The van der Waals surface area contributed by atoms with E-state index in [1.54, 1.807) is 38.1 Å². The number of allylic oxidation sites excluding steroid dienone is 2. The van der Waals surface area contributed by atoms with Gasteiger partial charge in [-0.2, -0.15) is 0 Å². The lowest BCUT2D eigenvalue weighted by atomic mass is 10.2. The summed E-state index contributed by atoms with van der Waals surface area (Å²) in [6.45, 7) is 3.72. The minimum Gasteiger partial charge on any atom is -0.462 e. The van der Waals surface area contributed by atoms with E-state index in [1.165, 1.54) is 6.08 Å². The number of benzene rings is 1. The molecule has 0 aliphatic carbocycles. The van der Waals surface area contributed by atoms with Crippen LogP contribution in [0.4, 0.5) is 0 Å². The molecule has 0 aliphatic heterocycles. The first-order chi connectivity index (χ1) is 10.1. The third kappa shape index (κ3) is 5.83. The number of carbonyl (C=O) groups is 2. The molecule has 0 amide bonds. The molecule has 0 radical (unpaired) electrons. The van der Waals surface area contributed by atoms with Crippen LogP contribution < -0.4 is 0 Å². The van der Waals surface area contributed by atoms with Crippen molar-refractivity contribution in [2.75, 3.05) is 13.2 Å². The molecule has 1 aromatic carbocycles. The maximum absolute atomic E-state index is 11.7. The SMILES string of the molecule is CCOC(=O)C(=C/C=C/c1ccc(Cl)cc1)C(=O)OCC. The standard InChI is InChI=1S/C16H17ClO4/c1-3-20-15(18)14(16(19)21-4-2)7-5-6-12-8-10-13(17)11-9-12/h5-11H,3-4H2,1-2H3/b6-5+. The van der Waals surface area contributed by atoms with Gasteiger partial charge in [-0.3, -0.25) is 0 Å². The molecule has 4 nitrogen and oxygen atoms in total. The van der Waals surface area contributed by atoms with Gasteiger partial charge in [0.1, 0.15) is 5.57 Å². The van der Waals surface area contributed by atoms with E-state index >= 15 is 0 Å². The van der Waals surface area contributed by atoms with Gasteiger partial charge in [0.2, 0.25) is 0 Å². The van der Waals surface area contributed by atoms with E-state index in [1.807, 2.05) is 12.1 Å². The molecule has 0 spiro atoms. The van der Waals surface area contributed by atoms with E-state index in [2.05, 4.69) is 0 Å². The van der Waals surface area contributed by atoms with E-state index in [4.69, 9.17) is 21.1 Å². The zero-order valence-electron chi connectivity index (χ0n) is 12.0. The number of rotatable bonds is 6. The maximum atomic E-state index is 11.7. The molecule has 0 aromatic heterocycles. The molecular formula is C16H17ClO4. The van der Waals surface area contributed by atoms with Gasteiger partial charge in [0.05, 0.1) is 13.2 Å². The van der Waals surface area contributed by atoms with Crippen molar-refractivity contribution in [2.45, 2.75) is 13.8 Å². The Morgan fingerprint density at radius 1 is 1.05 bits per heavy atom. The molecule has 5 heteroatoms. The van der Waals surface area contributed by atoms with Crippen molar-refractivity contribution < 1.29 is 19.1 Å². The van der Waals surface area contributed by atoms with Gasteiger partial charge in [0, 0.05) is 5.02 Å². The van der Waals surface area contributed by atoms with E-state index in [0.717, 1.165) is 5.56 Å². The predicted molar refractivity (Wildman–Crippen MR) is 81.8 cm³/mol. The van der Waals surface area contributed by atoms with Gasteiger partial charge in [-0.05, 0) is 37.6 Å². The van der Waals surface area contributed by atoms with Crippen LogP contribution in [0.25, 0.3) is 6.08 Å². The van der Waals surface area contributed by atoms with Crippen LogP contribution in [-0.4, -0.2) is 25.2 Å². The summed E-state index contributed by atoms with van der Waals surface area (Å²) in [6.07, 6.45) is 4.71. The molecule has 0 unspecified atom stereocenters. The van der Waals surface area contributed by atoms with Gasteiger partial charge >= 0.3 is 11.9 Å². The van der Waals surface area contributed by atoms with E-state index in [-0.39, 0.29) is 18.8 Å². The van der Waals surface area contributed by atoms with E-state index in [0.29, 0.717) is 5.02 Å². The highest BCUT2D eigenvalue weighted by Crippen LogP contribution is 2.11. The second-order valence-corrected chi connectivity index (χ2v) is 4.37. The molecular weight excluding hydrogens is 292 g/mol. The minimum atomic E-state index is -0.697. The Morgan fingerprint density at radius 2 is 1.57 bits per heavy atom. The predicted octanol–water partition coefficient (Wildman–Crippen LogP) is 3.41. The number of carbonyl (C=O) groups excluding carboxylic acids is 2. The van der Waals surface area contributed by atoms with Gasteiger partial charge in [-0.25, -0.2) is 9.59 Å². The van der Waals surface area contributed by atoms with Crippen LogP contribution in [0.2, 0.25) is 5.02 Å². The molecule has 0 saturated heterocycles. The van der Waals surface area contributed by atoms with E-state index in [9.17, 15) is 9.59 Å². The summed E-state index contributed by atoms with van der Waals surface area (Å²) in [4.78, 5) is 23.4. The molecule has 0 heterocycles. The molecule has 1 aromatic rings. The lowest BCUT2D eigenvalue weighted by molar-refractivity contribution is -0.146. The summed E-state index contributed by atoms with van der Waals surface area (Å²) >= 11 is 5.79. The van der Waals surface area contributed by atoms with Gasteiger partial charge < -0.3 is 9.47 Å². The molecule has 21 heavy (non-hydrogen) atoms.